The largest absolute Gasteiger partial charge is 0.478 e. The zero-order valence-electron chi connectivity index (χ0n) is 22.7. The molecule has 1 aliphatic rings. The summed E-state index contributed by atoms with van der Waals surface area (Å²) in [6.07, 6.45) is -0.338. The van der Waals surface area contributed by atoms with E-state index in [4.69, 9.17) is 22.1 Å². The van der Waals surface area contributed by atoms with Crippen LogP contribution in [0.2, 0.25) is 5.02 Å². The highest BCUT2D eigenvalue weighted by atomic mass is 35.5. The lowest BCUT2D eigenvalue weighted by Crippen LogP contribution is -2.46. The summed E-state index contributed by atoms with van der Waals surface area (Å²) in [6.45, 7) is 5.06. The number of aryl methyl sites for hydroxylation is 1. The van der Waals surface area contributed by atoms with Crippen molar-refractivity contribution in [3.05, 3.63) is 51.3 Å². The van der Waals surface area contributed by atoms with Gasteiger partial charge in [0.15, 0.2) is 18.2 Å². The van der Waals surface area contributed by atoms with Gasteiger partial charge < -0.3 is 30.6 Å². The minimum absolute atomic E-state index is 0.0431. The summed E-state index contributed by atoms with van der Waals surface area (Å²) in [7, 11) is 1.49. The molecule has 4 rings (SSSR count). The summed E-state index contributed by atoms with van der Waals surface area (Å²) in [4.78, 5) is 31.4. The van der Waals surface area contributed by atoms with E-state index in [-0.39, 0.29) is 40.7 Å². The van der Waals surface area contributed by atoms with Crippen LogP contribution in [0.5, 0.6) is 5.75 Å². The van der Waals surface area contributed by atoms with Crippen LogP contribution in [0.15, 0.2) is 35.1 Å². The number of likely N-dealkylation sites (N-methyl/N-ethyl adjacent to an activating group) is 1. The standard InChI is InChI=1S/C28H33ClFN7O3/c1-16-13-36(14-17(2)25(16)30)27-19(12-32)10-21(29)26(35-27)34-20-5-6-22-18(9-20)11-23(40-15-24(38)33-3)28(39)37(22)8-4-7-31/h5-6,9-11,16-17,25H,4,7-8,13-15,31H2,1-3H3,(H,33,38)(H,34,35). The second-order valence-corrected chi connectivity index (χ2v) is 10.5. The summed E-state index contributed by atoms with van der Waals surface area (Å²) in [6, 6.07) is 10.7. The predicted molar refractivity (Wildman–Crippen MR) is 154 cm³/mol. The van der Waals surface area contributed by atoms with Crippen molar-refractivity contribution < 1.29 is 13.9 Å². The Kier molecular flexibility index (Phi) is 9.12. The number of hydrogen-bond acceptors (Lipinski definition) is 8. The molecule has 2 unspecified atom stereocenters. The number of carbonyl (C=O) groups excluding carboxylic acids is 1. The van der Waals surface area contributed by atoms with Crippen LogP contribution in [0.3, 0.4) is 0 Å². The van der Waals surface area contributed by atoms with Crippen molar-refractivity contribution in [3.8, 4) is 11.8 Å². The van der Waals surface area contributed by atoms with Crippen molar-refractivity contribution in [1.82, 2.24) is 14.9 Å². The first kappa shape index (κ1) is 29.1. The first-order valence-corrected chi connectivity index (χ1v) is 13.5. The van der Waals surface area contributed by atoms with Crippen LogP contribution in [0, 0.1) is 23.2 Å². The fourth-order valence-corrected chi connectivity index (χ4v) is 5.16. The number of hydrogen-bond donors (Lipinski definition) is 3. The summed E-state index contributed by atoms with van der Waals surface area (Å²) < 4.78 is 21.6. The van der Waals surface area contributed by atoms with E-state index >= 15 is 0 Å². The van der Waals surface area contributed by atoms with Gasteiger partial charge in [-0.1, -0.05) is 25.4 Å². The quantitative estimate of drug-likeness (QED) is 0.355. The van der Waals surface area contributed by atoms with Gasteiger partial charge in [0.1, 0.15) is 18.1 Å². The molecule has 1 fully saturated rings. The lowest BCUT2D eigenvalue weighted by Gasteiger charge is -2.38. The van der Waals surface area contributed by atoms with Crippen molar-refractivity contribution >= 4 is 45.7 Å². The normalized spacial score (nSPS) is 18.8. The molecule has 10 nitrogen and oxygen atoms in total. The number of anilines is 3. The molecule has 0 aliphatic carbocycles. The third-order valence-corrected chi connectivity index (χ3v) is 7.31. The molecule has 1 aliphatic heterocycles. The SMILES string of the molecule is CNC(=O)COc1cc2cc(Nc3nc(N4CC(C)C(F)C(C)C4)c(C#N)cc3Cl)ccc2n(CCCN)c1=O. The first-order chi connectivity index (χ1) is 19.2. The van der Waals surface area contributed by atoms with Gasteiger partial charge in [0, 0.05) is 49.6 Å². The Labute approximate surface area is 236 Å². The fraction of sp³-hybridized carbons (Fsp3) is 0.429. The van der Waals surface area contributed by atoms with Gasteiger partial charge in [-0.2, -0.15) is 5.26 Å². The molecule has 0 spiro atoms. The summed E-state index contributed by atoms with van der Waals surface area (Å²) >= 11 is 6.51. The van der Waals surface area contributed by atoms with Crippen LogP contribution in [0.25, 0.3) is 10.9 Å². The van der Waals surface area contributed by atoms with Gasteiger partial charge in [0.05, 0.1) is 16.1 Å². The number of nitrogens with two attached hydrogens (primary N) is 1. The van der Waals surface area contributed by atoms with Gasteiger partial charge in [0.25, 0.3) is 11.5 Å². The zero-order chi connectivity index (χ0) is 29.0. The Morgan fingerprint density at radius 1 is 1.27 bits per heavy atom. The summed E-state index contributed by atoms with van der Waals surface area (Å²) in [5, 5.41) is 16.4. The molecule has 4 N–H and O–H groups in total. The molecule has 1 saturated heterocycles. The highest BCUT2D eigenvalue weighted by molar-refractivity contribution is 6.33. The molecular formula is C28H33ClFN7O3. The molecular weight excluding hydrogens is 537 g/mol. The Hall–Kier alpha value is -3.88. The Morgan fingerprint density at radius 2 is 2.00 bits per heavy atom. The van der Waals surface area contributed by atoms with Crippen molar-refractivity contribution in [3.63, 3.8) is 0 Å². The number of nitrogens with one attached hydrogen (secondary N) is 2. The van der Waals surface area contributed by atoms with Crippen molar-refractivity contribution in [2.75, 3.05) is 43.5 Å². The number of piperidine rings is 1. The fourth-order valence-electron chi connectivity index (χ4n) is 4.96. The predicted octanol–water partition coefficient (Wildman–Crippen LogP) is 3.57. The second kappa shape index (κ2) is 12.5. The topological polar surface area (TPSA) is 138 Å². The molecule has 1 amide bonds. The Bertz CT molecular complexity index is 1490. The van der Waals surface area contributed by atoms with Gasteiger partial charge in [-0.3, -0.25) is 9.59 Å². The van der Waals surface area contributed by atoms with Crippen LogP contribution < -0.4 is 31.6 Å². The number of amides is 1. The highest BCUT2D eigenvalue weighted by Gasteiger charge is 2.33. The maximum absolute atomic E-state index is 14.5. The molecule has 2 atom stereocenters. The van der Waals surface area contributed by atoms with Crippen molar-refractivity contribution in [1.29, 1.82) is 5.26 Å². The van der Waals surface area contributed by atoms with Crippen LogP contribution in [-0.2, 0) is 11.3 Å². The number of halogens is 2. The van der Waals surface area contributed by atoms with Crippen LogP contribution in [0.4, 0.5) is 21.7 Å². The van der Waals surface area contributed by atoms with Gasteiger partial charge >= 0.3 is 0 Å². The molecule has 3 heterocycles. The molecule has 0 radical (unpaired) electrons. The molecule has 0 saturated carbocycles. The maximum Gasteiger partial charge on any atom is 0.293 e. The van der Waals surface area contributed by atoms with Gasteiger partial charge in [0.2, 0.25) is 0 Å². The zero-order valence-corrected chi connectivity index (χ0v) is 23.5. The molecule has 3 aromatic rings. The Balaban J connectivity index is 1.71. The molecule has 0 bridgehead atoms. The average Bonchev–Trinajstić information content (AvgIpc) is 2.94. The van der Waals surface area contributed by atoms with Gasteiger partial charge in [-0.05, 0) is 43.3 Å². The van der Waals surface area contributed by atoms with Crippen molar-refractivity contribution in [2.24, 2.45) is 17.6 Å². The van der Waals surface area contributed by atoms with E-state index in [1.807, 2.05) is 24.8 Å². The summed E-state index contributed by atoms with van der Waals surface area (Å²) in [5.74, 6) is 0.0520. The molecule has 1 aromatic carbocycles. The molecule has 212 valence electrons. The van der Waals surface area contributed by atoms with E-state index in [1.165, 1.54) is 7.05 Å². The minimum Gasteiger partial charge on any atom is -0.478 e. The maximum atomic E-state index is 14.5. The van der Waals surface area contributed by atoms with Crippen LogP contribution >= 0.6 is 11.6 Å². The molecule has 2 aromatic heterocycles. The smallest absolute Gasteiger partial charge is 0.293 e. The first-order valence-electron chi connectivity index (χ1n) is 13.1. The monoisotopic (exact) mass is 569 g/mol. The van der Waals surface area contributed by atoms with E-state index in [1.54, 1.807) is 28.8 Å². The number of ether oxygens (including phenoxy) is 1. The molecule has 40 heavy (non-hydrogen) atoms. The third-order valence-electron chi connectivity index (χ3n) is 7.03. The number of pyridine rings is 2. The lowest BCUT2D eigenvalue weighted by atomic mass is 9.89. The van der Waals surface area contributed by atoms with Gasteiger partial charge in [-0.15, -0.1) is 0 Å². The highest BCUT2D eigenvalue weighted by Crippen LogP contribution is 2.34. The number of nitrogens with zero attached hydrogens (tertiary/aromatic N) is 4. The minimum atomic E-state index is -0.920. The Morgan fingerprint density at radius 3 is 2.65 bits per heavy atom. The second-order valence-electron chi connectivity index (χ2n) is 10.1. The van der Waals surface area contributed by atoms with E-state index in [9.17, 15) is 19.2 Å². The third kappa shape index (κ3) is 6.13. The number of rotatable bonds is 9. The number of alkyl halides is 1. The number of aromatic nitrogens is 2. The summed E-state index contributed by atoms with van der Waals surface area (Å²) in [5.41, 5.74) is 6.95. The number of fused-ring (bicyclic) bond motifs is 1. The number of benzene rings is 1. The van der Waals surface area contributed by atoms with E-state index in [0.717, 1.165) is 0 Å². The molecule has 12 heteroatoms. The van der Waals surface area contributed by atoms with Crippen molar-refractivity contribution in [2.45, 2.75) is 33.0 Å². The average molecular weight is 570 g/mol. The number of carbonyl (C=O) groups is 1. The van der Waals surface area contributed by atoms with E-state index in [2.05, 4.69) is 21.7 Å². The van der Waals surface area contributed by atoms with E-state index in [0.29, 0.717) is 66.4 Å². The van der Waals surface area contributed by atoms with Gasteiger partial charge in [-0.25, -0.2) is 9.37 Å². The van der Waals surface area contributed by atoms with E-state index < -0.39 is 6.17 Å². The van der Waals surface area contributed by atoms with Crippen LogP contribution in [0.1, 0.15) is 25.8 Å². The lowest BCUT2D eigenvalue weighted by molar-refractivity contribution is -0.122. The number of nitriles is 1. The van der Waals surface area contributed by atoms with Crippen LogP contribution in [-0.4, -0.2) is 54.9 Å².